The number of nitrogens with zero attached hydrogens (tertiary/aromatic N) is 2. The third kappa shape index (κ3) is 3.08. The summed E-state index contributed by atoms with van der Waals surface area (Å²) in [7, 11) is 3.15. The minimum absolute atomic E-state index is 0.0843. The number of carbonyl (C=O) groups excluding carboxylic acids is 1. The molecule has 1 aromatic rings. The van der Waals surface area contributed by atoms with E-state index in [0.29, 0.717) is 32.5 Å². The lowest BCUT2D eigenvalue weighted by atomic mass is 9.77. The number of aliphatic carboxylic acids is 1. The van der Waals surface area contributed by atoms with Crippen LogP contribution >= 0.6 is 0 Å². The van der Waals surface area contributed by atoms with Gasteiger partial charge in [-0.15, -0.1) is 0 Å². The Morgan fingerprint density at radius 1 is 1.40 bits per heavy atom. The van der Waals surface area contributed by atoms with Crippen LogP contribution in [0.2, 0.25) is 0 Å². The molecule has 1 N–H and O–H groups in total. The highest BCUT2D eigenvalue weighted by molar-refractivity contribution is 5.88. The van der Waals surface area contributed by atoms with E-state index in [1.54, 1.807) is 24.1 Å². The van der Waals surface area contributed by atoms with Crippen molar-refractivity contribution in [3.63, 3.8) is 0 Å². The SMILES string of the molecule is COc1cc(CN2CCC3(CC2)[C@H](C(=O)O)CC(=O)N3C)ccc1F. The van der Waals surface area contributed by atoms with Crippen LogP contribution in [0.25, 0.3) is 0 Å². The first-order valence-corrected chi connectivity index (χ1v) is 8.41. The summed E-state index contributed by atoms with van der Waals surface area (Å²) in [6.45, 7) is 2.03. The quantitative estimate of drug-likeness (QED) is 0.896. The molecule has 3 rings (SSSR count). The highest BCUT2D eigenvalue weighted by Gasteiger charge is 2.55. The predicted molar refractivity (Wildman–Crippen MR) is 88.7 cm³/mol. The van der Waals surface area contributed by atoms with Gasteiger partial charge in [0.05, 0.1) is 18.6 Å². The first-order valence-electron chi connectivity index (χ1n) is 8.41. The monoisotopic (exact) mass is 350 g/mol. The Morgan fingerprint density at radius 2 is 2.08 bits per heavy atom. The van der Waals surface area contributed by atoms with Crippen molar-refractivity contribution in [1.29, 1.82) is 0 Å². The zero-order valence-electron chi connectivity index (χ0n) is 14.5. The fourth-order valence-corrected chi connectivity index (χ4v) is 4.14. The van der Waals surface area contributed by atoms with E-state index in [4.69, 9.17) is 4.74 Å². The molecule has 0 bridgehead atoms. The molecule has 1 aromatic carbocycles. The Bertz CT molecular complexity index is 686. The van der Waals surface area contributed by atoms with Crippen molar-refractivity contribution in [2.75, 3.05) is 27.2 Å². The van der Waals surface area contributed by atoms with Crippen LogP contribution in [0.5, 0.6) is 5.75 Å². The first kappa shape index (κ1) is 17.7. The Balaban J connectivity index is 1.69. The van der Waals surface area contributed by atoms with E-state index >= 15 is 0 Å². The molecule has 0 saturated carbocycles. The molecule has 1 atom stereocenters. The average molecular weight is 350 g/mol. The lowest BCUT2D eigenvalue weighted by Crippen LogP contribution is -2.55. The van der Waals surface area contributed by atoms with Gasteiger partial charge in [0.25, 0.3) is 0 Å². The van der Waals surface area contributed by atoms with Gasteiger partial charge in [0.2, 0.25) is 5.91 Å². The van der Waals surface area contributed by atoms with Crippen LogP contribution in [0.3, 0.4) is 0 Å². The lowest BCUT2D eigenvalue weighted by molar-refractivity contribution is -0.146. The van der Waals surface area contributed by atoms with E-state index in [-0.39, 0.29) is 23.9 Å². The summed E-state index contributed by atoms with van der Waals surface area (Å²) in [5.74, 6) is -1.80. The van der Waals surface area contributed by atoms with Crippen LogP contribution < -0.4 is 4.74 Å². The zero-order valence-corrected chi connectivity index (χ0v) is 14.5. The third-order valence-electron chi connectivity index (χ3n) is 5.71. The number of benzene rings is 1. The van der Waals surface area contributed by atoms with Crippen LogP contribution in [0.1, 0.15) is 24.8 Å². The number of carboxylic acids is 1. The second-order valence-corrected chi connectivity index (χ2v) is 6.90. The largest absolute Gasteiger partial charge is 0.494 e. The predicted octanol–water partition coefficient (Wildman–Crippen LogP) is 1.73. The molecule has 0 aliphatic carbocycles. The molecule has 7 heteroatoms. The number of carbonyl (C=O) groups is 2. The number of halogens is 1. The number of piperidine rings is 1. The van der Waals surface area contributed by atoms with Crippen molar-refractivity contribution in [3.05, 3.63) is 29.6 Å². The Hall–Kier alpha value is -2.15. The molecule has 2 saturated heterocycles. The molecular weight excluding hydrogens is 327 g/mol. The van der Waals surface area contributed by atoms with Gasteiger partial charge in [0.15, 0.2) is 11.6 Å². The van der Waals surface area contributed by atoms with Gasteiger partial charge in [0.1, 0.15) is 0 Å². The molecule has 0 aromatic heterocycles. The number of methoxy groups -OCH3 is 1. The summed E-state index contributed by atoms with van der Waals surface area (Å²) in [6, 6.07) is 4.81. The molecule has 1 spiro atoms. The molecule has 0 radical (unpaired) electrons. The second kappa shape index (κ2) is 6.63. The molecule has 6 nitrogen and oxygen atoms in total. The van der Waals surface area contributed by atoms with E-state index < -0.39 is 17.4 Å². The number of amides is 1. The Kier molecular flexibility index (Phi) is 4.69. The standard InChI is InChI=1S/C18H23FN2O4/c1-20-16(22)10-13(17(23)24)18(20)5-7-21(8-6-18)11-12-3-4-14(19)15(9-12)25-2/h3-4,9,13H,5-8,10-11H2,1-2H3,(H,23,24)/t13-/m0/s1. The minimum Gasteiger partial charge on any atom is -0.494 e. The number of rotatable bonds is 4. The van der Waals surface area contributed by atoms with Crippen molar-refractivity contribution in [2.24, 2.45) is 5.92 Å². The number of hydrogen-bond acceptors (Lipinski definition) is 4. The van der Waals surface area contributed by atoms with Crippen molar-refractivity contribution < 1.29 is 23.8 Å². The minimum atomic E-state index is -0.894. The van der Waals surface area contributed by atoms with E-state index in [0.717, 1.165) is 5.56 Å². The molecule has 2 aliphatic rings. The van der Waals surface area contributed by atoms with Gasteiger partial charge in [0, 0.05) is 33.1 Å². The normalized spacial score (nSPS) is 23.2. The van der Waals surface area contributed by atoms with Crippen molar-refractivity contribution in [1.82, 2.24) is 9.80 Å². The molecular formula is C18H23FN2O4. The summed E-state index contributed by atoms with van der Waals surface area (Å²) >= 11 is 0. The van der Waals surface area contributed by atoms with Crippen LogP contribution in [0.15, 0.2) is 18.2 Å². The van der Waals surface area contributed by atoms with Crippen LogP contribution in [-0.2, 0) is 16.1 Å². The van der Waals surface area contributed by atoms with Crippen molar-refractivity contribution >= 4 is 11.9 Å². The summed E-state index contributed by atoms with van der Waals surface area (Å²) < 4.78 is 18.5. The summed E-state index contributed by atoms with van der Waals surface area (Å²) in [5.41, 5.74) is 0.361. The molecule has 2 aliphatic heterocycles. The topological polar surface area (TPSA) is 70.1 Å². The smallest absolute Gasteiger partial charge is 0.309 e. The fourth-order valence-electron chi connectivity index (χ4n) is 4.14. The molecule has 2 heterocycles. The summed E-state index contributed by atoms with van der Waals surface area (Å²) in [5, 5.41) is 9.51. The number of ether oxygens (including phenoxy) is 1. The second-order valence-electron chi connectivity index (χ2n) is 6.90. The molecule has 136 valence electrons. The number of hydrogen-bond donors (Lipinski definition) is 1. The van der Waals surface area contributed by atoms with Crippen LogP contribution in [0, 0.1) is 11.7 Å². The van der Waals surface area contributed by atoms with Gasteiger partial charge in [-0.25, -0.2) is 4.39 Å². The van der Waals surface area contributed by atoms with Gasteiger partial charge in [-0.1, -0.05) is 6.07 Å². The first-order chi connectivity index (χ1) is 11.9. The van der Waals surface area contributed by atoms with Gasteiger partial charge in [-0.2, -0.15) is 0 Å². The maximum atomic E-state index is 13.5. The van der Waals surface area contributed by atoms with Gasteiger partial charge in [-0.05, 0) is 30.5 Å². The molecule has 0 unspecified atom stereocenters. The van der Waals surface area contributed by atoms with E-state index in [2.05, 4.69) is 4.90 Å². The Labute approximate surface area is 146 Å². The summed E-state index contributed by atoms with van der Waals surface area (Å²) in [6.07, 6.45) is 1.34. The van der Waals surface area contributed by atoms with Gasteiger partial charge in [-0.3, -0.25) is 14.5 Å². The van der Waals surface area contributed by atoms with Crippen LogP contribution in [-0.4, -0.2) is 59.6 Å². The van der Waals surface area contributed by atoms with Crippen molar-refractivity contribution in [2.45, 2.75) is 31.3 Å². The maximum Gasteiger partial charge on any atom is 0.309 e. The van der Waals surface area contributed by atoms with E-state index in [1.807, 2.05) is 0 Å². The number of carboxylic acid groups (broad SMARTS) is 1. The molecule has 25 heavy (non-hydrogen) atoms. The number of likely N-dealkylation sites (tertiary alicyclic amines) is 2. The maximum absolute atomic E-state index is 13.5. The highest BCUT2D eigenvalue weighted by atomic mass is 19.1. The lowest BCUT2D eigenvalue weighted by Gasteiger charge is -2.45. The van der Waals surface area contributed by atoms with Crippen molar-refractivity contribution in [3.8, 4) is 5.75 Å². The van der Waals surface area contributed by atoms with E-state index in [1.165, 1.54) is 13.2 Å². The van der Waals surface area contributed by atoms with E-state index in [9.17, 15) is 19.1 Å². The zero-order chi connectivity index (χ0) is 18.2. The molecule has 2 fully saturated rings. The third-order valence-corrected chi connectivity index (χ3v) is 5.71. The fraction of sp³-hybridized carbons (Fsp3) is 0.556. The average Bonchev–Trinajstić information content (AvgIpc) is 2.84. The van der Waals surface area contributed by atoms with Crippen LogP contribution in [0.4, 0.5) is 4.39 Å². The Morgan fingerprint density at radius 3 is 2.68 bits per heavy atom. The van der Waals surface area contributed by atoms with Gasteiger partial charge >= 0.3 is 5.97 Å². The van der Waals surface area contributed by atoms with Gasteiger partial charge < -0.3 is 14.7 Å². The molecule has 1 amide bonds. The highest BCUT2D eigenvalue weighted by Crippen LogP contribution is 2.43. The summed E-state index contributed by atoms with van der Waals surface area (Å²) in [4.78, 5) is 27.5.